The summed E-state index contributed by atoms with van der Waals surface area (Å²) in [6.45, 7) is 2.08. The number of aromatic nitrogens is 2. The predicted molar refractivity (Wildman–Crippen MR) is 84.2 cm³/mol. The van der Waals surface area contributed by atoms with Gasteiger partial charge in [0.25, 0.3) is 0 Å². The van der Waals surface area contributed by atoms with E-state index in [2.05, 4.69) is 64.4 Å². The standard InChI is InChI=1S/C18H17N3/c1-21-10-15-4-2-3-5-16(15)17(11-21)13-6-7-14-9-19-12-20-18(14)8-13/h2-9,12,17H,10-11H2,1H3. The smallest absolute Gasteiger partial charge is 0.116 e. The van der Waals surface area contributed by atoms with Crippen LogP contribution in [0.3, 0.4) is 0 Å². The van der Waals surface area contributed by atoms with E-state index in [0.717, 1.165) is 24.0 Å². The van der Waals surface area contributed by atoms with Crippen molar-refractivity contribution in [3.8, 4) is 0 Å². The molecule has 0 fully saturated rings. The lowest BCUT2D eigenvalue weighted by atomic mass is 9.84. The Kier molecular flexibility index (Phi) is 2.93. The minimum atomic E-state index is 0.416. The van der Waals surface area contributed by atoms with Crippen LogP contribution in [0.25, 0.3) is 10.9 Å². The molecular formula is C18H17N3. The summed E-state index contributed by atoms with van der Waals surface area (Å²) in [5, 5.41) is 1.10. The van der Waals surface area contributed by atoms with Gasteiger partial charge in [-0.1, -0.05) is 36.4 Å². The zero-order chi connectivity index (χ0) is 14.2. The second kappa shape index (κ2) is 4.93. The quantitative estimate of drug-likeness (QED) is 0.683. The lowest BCUT2D eigenvalue weighted by Crippen LogP contribution is -2.30. The Labute approximate surface area is 124 Å². The third-order valence-corrected chi connectivity index (χ3v) is 4.30. The number of hydrogen-bond donors (Lipinski definition) is 0. The van der Waals surface area contributed by atoms with E-state index in [4.69, 9.17) is 0 Å². The summed E-state index contributed by atoms with van der Waals surface area (Å²) in [7, 11) is 2.19. The lowest BCUT2D eigenvalue weighted by Gasteiger charge is -2.32. The van der Waals surface area contributed by atoms with E-state index in [1.807, 2.05) is 6.20 Å². The maximum absolute atomic E-state index is 4.39. The minimum absolute atomic E-state index is 0.416. The third-order valence-electron chi connectivity index (χ3n) is 4.30. The zero-order valence-electron chi connectivity index (χ0n) is 12.0. The molecule has 1 aliphatic rings. The van der Waals surface area contributed by atoms with Gasteiger partial charge in [0.1, 0.15) is 6.33 Å². The first-order valence-corrected chi connectivity index (χ1v) is 7.27. The number of rotatable bonds is 1. The summed E-state index contributed by atoms with van der Waals surface area (Å²) < 4.78 is 0. The molecule has 2 aromatic carbocycles. The SMILES string of the molecule is CN1Cc2ccccc2C(c2ccc3cncnc3c2)C1. The van der Waals surface area contributed by atoms with Crippen molar-refractivity contribution < 1.29 is 0 Å². The number of fused-ring (bicyclic) bond motifs is 2. The molecule has 0 radical (unpaired) electrons. The number of benzene rings is 2. The largest absolute Gasteiger partial charge is 0.301 e. The van der Waals surface area contributed by atoms with Crippen molar-refractivity contribution in [2.45, 2.75) is 12.5 Å². The van der Waals surface area contributed by atoms with Gasteiger partial charge >= 0.3 is 0 Å². The van der Waals surface area contributed by atoms with E-state index in [9.17, 15) is 0 Å². The van der Waals surface area contributed by atoms with Crippen molar-refractivity contribution in [1.29, 1.82) is 0 Å². The van der Waals surface area contributed by atoms with E-state index < -0.39 is 0 Å². The molecule has 1 atom stereocenters. The maximum atomic E-state index is 4.39. The first kappa shape index (κ1) is 12.5. The zero-order valence-corrected chi connectivity index (χ0v) is 12.0. The van der Waals surface area contributed by atoms with Crippen molar-refractivity contribution in [3.05, 3.63) is 71.7 Å². The van der Waals surface area contributed by atoms with E-state index >= 15 is 0 Å². The van der Waals surface area contributed by atoms with Gasteiger partial charge in [-0.25, -0.2) is 9.97 Å². The molecule has 3 heteroatoms. The second-order valence-electron chi connectivity index (χ2n) is 5.79. The summed E-state index contributed by atoms with van der Waals surface area (Å²) in [5.41, 5.74) is 5.23. The first-order valence-electron chi connectivity index (χ1n) is 7.27. The van der Waals surface area contributed by atoms with E-state index in [1.165, 1.54) is 16.7 Å². The second-order valence-corrected chi connectivity index (χ2v) is 5.79. The monoisotopic (exact) mass is 275 g/mol. The Balaban J connectivity index is 1.84. The molecule has 3 nitrogen and oxygen atoms in total. The predicted octanol–water partition coefficient (Wildman–Crippen LogP) is 3.21. The van der Waals surface area contributed by atoms with Crippen LogP contribution < -0.4 is 0 Å². The number of likely N-dealkylation sites (N-methyl/N-ethyl adjacent to an activating group) is 1. The molecular weight excluding hydrogens is 258 g/mol. The van der Waals surface area contributed by atoms with E-state index in [-0.39, 0.29) is 0 Å². The van der Waals surface area contributed by atoms with Crippen LogP contribution in [0.15, 0.2) is 55.0 Å². The van der Waals surface area contributed by atoms with Gasteiger partial charge in [-0.2, -0.15) is 0 Å². The van der Waals surface area contributed by atoms with E-state index in [1.54, 1.807) is 6.33 Å². The molecule has 4 rings (SSSR count). The molecule has 0 saturated carbocycles. The molecule has 0 saturated heterocycles. The Hall–Kier alpha value is -2.26. The summed E-state index contributed by atoms with van der Waals surface area (Å²) >= 11 is 0. The van der Waals surface area contributed by atoms with E-state index in [0.29, 0.717) is 5.92 Å². The van der Waals surface area contributed by atoms with Crippen LogP contribution in [0.5, 0.6) is 0 Å². The minimum Gasteiger partial charge on any atom is -0.301 e. The average Bonchev–Trinajstić information content (AvgIpc) is 2.53. The maximum Gasteiger partial charge on any atom is 0.116 e. The summed E-state index contributed by atoms with van der Waals surface area (Å²) in [6.07, 6.45) is 3.49. The molecule has 0 spiro atoms. The van der Waals surface area contributed by atoms with Crippen LogP contribution in [-0.2, 0) is 6.54 Å². The third kappa shape index (κ3) is 2.20. The average molecular weight is 275 g/mol. The van der Waals surface area contributed by atoms with Crippen LogP contribution in [0.4, 0.5) is 0 Å². The molecule has 2 heterocycles. The van der Waals surface area contributed by atoms with Gasteiger partial charge in [0.05, 0.1) is 5.52 Å². The fourth-order valence-corrected chi connectivity index (χ4v) is 3.28. The highest BCUT2D eigenvalue weighted by molar-refractivity contribution is 5.78. The molecule has 104 valence electrons. The fourth-order valence-electron chi connectivity index (χ4n) is 3.28. The Morgan fingerprint density at radius 1 is 1.14 bits per heavy atom. The van der Waals surface area contributed by atoms with Gasteiger partial charge in [-0.15, -0.1) is 0 Å². The van der Waals surface area contributed by atoms with Crippen LogP contribution in [0, 0.1) is 0 Å². The molecule has 0 amide bonds. The molecule has 0 N–H and O–H groups in total. The van der Waals surface area contributed by atoms with Crippen molar-refractivity contribution in [2.75, 3.05) is 13.6 Å². The fraction of sp³-hybridized carbons (Fsp3) is 0.222. The first-order chi connectivity index (χ1) is 10.3. The summed E-state index contributed by atoms with van der Waals surface area (Å²) in [6, 6.07) is 15.3. The Morgan fingerprint density at radius 3 is 3.00 bits per heavy atom. The highest BCUT2D eigenvalue weighted by Crippen LogP contribution is 2.33. The van der Waals surface area contributed by atoms with Crippen LogP contribution in [0.1, 0.15) is 22.6 Å². The summed E-state index contributed by atoms with van der Waals surface area (Å²) in [5.74, 6) is 0.416. The highest BCUT2D eigenvalue weighted by Gasteiger charge is 2.24. The Bertz CT molecular complexity index is 797. The van der Waals surface area contributed by atoms with Crippen LogP contribution in [-0.4, -0.2) is 28.5 Å². The van der Waals surface area contributed by atoms with Gasteiger partial charge in [0.15, 0.2) is 0 Å². The normalized spacial score (nSPS) is 18.6. The van der Waals surface area contributed by atoms with Crippen molar-refractivity contribution >= 4 is 10.9 Å². The van der Waals surface area contributed by atoms with Gasteiger partial charge < -0.3 is 4.90 Å². The number of hydrogen-bond acceptors (Lipinski definition) is 3. The molecule has 1 aliphatic heterocycles. The topological polar surface area (TPSA) is 29.0 Å². The van der Waals surface area contributed by atoms with Crippen LogP contribution in [0.2, 0.25) is 0 Å². The molecule has 1 unspecified atom stereocenters. The van der Waals surface area contributed by atoms with Gasteiger partial charge in [-0.3, -0.25) is 0 Å². The highest BCUT2D eigenvalue weighted by atomic mass is 15.1. The Morgan fingerprint density at radius 2 is 2.05 bits per heavy atom. The molecule has 0 bridgehead atoms. The molecule has 0 aliphatic carbocycles. The molecule has 1 aromatic heterocycles. The van der Waals surface area contributed by atoms with Crippen LogP contribution >= 0.6 is 0 Å². The molecule has 3 aromatic rings. The lowest BCUT2D eigenvalue weighted by molar-refractivity contribution is 0.295. The van der Waals surface area contributed by atoms with Crippen molar-refractivity contribution in [3.63, 3.8) is 0 Å². The van der Waals surface area contributed by atoms with Gasteiger partial charge in [-0.05, 0) is 29.8 Å². The van der Waals surface area contributed by atoms with Crippen molar-refractivity contribution in [2.24, 2.45) is 0 Å². The van der Waals surface area contributed by atoms with Gasteiger partial charge in [0, 0.05) is 30.6 Å². The summed E-state index contributed by atoms with van der Waals surface area (Å²) in [4.78, 5) is 10.9. The number of nitrogens with zero attached hydrogens (tertiary/aromatic N) is 3. The molecule has 21 heavy (non-hydrogen) atoms. The van der Waals surface area contributed by atoms with Crippen molar-refractivity contribution in [1.82, 2.24) is 14.9 Å². The van der Waals surface area contributed by atoms with Gasteiger partial charge in [0.2, 0.25) is 0 Å².